The lowest BCUT2D eigenvalue weighted by Crippen LogP contribution is -2.56. The largest absolute Gasteiger partial charge is 0.480 e. The van der Waals surface area contributed by atoms with Crippen LogP contribution in [0, 0.1) is 0 Å². The van der Waals surface area contributed by atoms with Crippen molar-refractivity contribution in [3.8, 4) is 0 Å². The molecule has 0 bridgehead atoms. The third kappa shape index (κ3) is 4.61. The number of hydrogen-bond acceptors (Lipinski definition) is 4. The summed E-state index contributed by atoms with van der Waals surface area (Å²) in [6, 6.07) is -0.682. The number of carbonyl (C=O) groups is 3. The first-order chi connectivity index (χ1) is 9.44. The van der Waals surface area contributed by atoms with E-state index in [1.54, 1.807) is 20.8 Å². The number of nitrogens with one attached hydrogen (secondary N) is 1. The zero-order valence-electron chi connectivity index (χ0n) is 13.2. The van der Waals surface area contributed by atoms with Crippen molar-refractivity contribution in [3.63, 3.8) is 0 Å². The fourth-order valence-corrected chi connectivity index (χ4v) is 2.02. The highest BCUT2D eigenvalue weighted by Gasteiger charge is 2.39. The van der Waals surface area contributed by atoms with Gasteiger partial charge in [0.2, 0.25) is 5.91 Å². The lowest BCUT2D eigenvalue weighted by molar-refractivity contribution is -0.146. The smallest absolute Gasteiger partial charge is 0.410 e. The Kier molecular flexibility index (Phi) is 4.86. The molecular formula is C14H24N2O5. The van der Waals surface area contributed by atoms with Crippen LogP contribution in [0.1, 0.15) is 47.5 Å². The number of rotatable bonds is 3. The Morgan fingerprint density at radius 3 is 2.24 bits per heavy atom. The van der Waals surface area contributed by atoms with Crippen LogP contribution in [-0.4, -0.2) is 51.7 Å². The van der Waals surface area contributed by atoms with Crippen molar-refractivity contribution in [2.45, 2.75) is 64.6 Å². The topological polar surface area (TPSA) is 95.9 Å². The second-order valence-corrected chi connectivity index (χ2v) is 6.75. The minimum atomic E-state index is -1.38. The van der Waals surface area contributed by atoms with Crippen molar-refractivity contribution in [1.29, 1.82) is 0 Å². The van der Waals surface area contributed by atoms with Crippen molar-refractivity contribution in [2.24, 2.45) is 0 Å². The molecule has 0 saturated carbocycles. The standard InChI is InChI=1S/C14H24N2O5/c1-13(2,3)21-12(20)16-8-6-7-9(16)10(17)15-14(4,5)11(18)19/h9H,6-8H2,1-5H3,(H,15,17)(H,18,19)/t9-/m0/s1. The summed E-state index contributed by atoms with van der Waals surface area (Å²) in [6.45, 7) is 8.50. The fourth-order valence-electron chi connectivity index (χ4n) is 2.02. The first-order valence-corrected chi connectivity index (χ1v) is 6.99. The highest BCUT2D eigenvalue weighted by atomic mass is 16.6. The predicted octanol–water partition coefficient (Wildman–Crippen LogP) is 1.37. The minimum absolute atomic E-state index is 0.431. The molecule has 1 atom stereocenters. The van der Waals surface area contributed by atoms with E-state index in [1.807, 2.05) is 0 Å². The Morgan fingerprint density at radius 2 is 1.76 bits per heavy atom. The maximum atomic E-state index is 12.2. The molecule has 1 aliphatic heterocycles. The molecule has 0 aromatic rings. The van der Waals surface area contributed by atoms with Gasteiger partial charge in [-0.1, -0.05) is 0 Å². The number of ether oxygens (including phenoxy) is 1. The number of amides is 2. The van der Waals surface area contributed by atoms with Gasteiger partial charge in [-0.15, -0.1) is 0 Å². The van der Waals surface area contributed by atoms with Crippen LogP contribution in [0.25, 0.3) is 0 Å². The number of carboxylic acids is 1. The van der Waals surface area contributed by atoms with Gasteiger partial charge in [0.05, 0.1) is 0 Å². The fraction of sp³-hybridized carbons (Fsp3) is 0.786. The summed E-state index contributed by atoms with van der Waals surface area (Å²) in [4.78, 5) is 36.7. The number of hydrogen-bond donors (Lipinski definition) is 2. The summed E-state index contributed by atoms with van der Waals surface area (Å²) in [7, 11) is 0. The average Bonchev–Trinajstić information content (AvgIpc) is 2.74. The van der Waals surface area contributed by atoms with Crippen molar-refractivity contribution in [1.82, 2.24) is 10.2 Å². The molecule has 21 heavy (non-hydrogen) atoms. The van der Waals surface area contributed by atoms with Gasteiger partial charge in [0.1, 0.15) is 17.2 Å². The Bertz CT molecular complexity index is 439. The molecule has 0 aromatic heterocycles. The molecule has 1 aliphatic rings. The lowest BCUT2D eigenvalue weighted by Gasteiger charge is -2.30. The van der Waals surface area contributed by atoms with Crippen molar-refractivity contribution in [3.05, 3.63) is 0 Å². The normalized spacial score (nSPS) is 19.3. The van der Waals surface area contributed by atoms with Gasteiger partial charge < -0.3 is 15.2 Å². The summed E-state index contributed by atoms with van der Waals surface area (Å²) in [5.74, 6) is -1.59. The van der Waals surface area contributed by atoms with E-state index >= 15 is 0 Å². The van der Waals surface area contributed by atoms with Crippen LogP contribution in [-0.2, 0) is 14.3 Å². The maximum absolute atomic E-state index is 12.2. The Morgan fingerprint density at radius 1 is 1.19 bits per heavy atom. The number of likely N-dealkylation sites (tertiary alicyclic amines) is 1. The second-order valence-electron chi connectivity index (χ2n) is 6.75. The van der Waals surface area contributed by atoms with E-state index < -0.39 is 35.2 Å². The molecule has 0 radical (unpaired) electrons. The molecule has 1 fully saturated rings. The van der Waals surface area contributed by atoms with Gasteiger partial charge in [-0.2, -0.15) is 0 Å². The molecular weight excluding hydrogens is 276 g/mol. The molecule has 0 aliphatic carbocycles. The van der Waals surface area contributed by atoms with E-state index in [2.05, 4.69) is 5.32 Å². The molecule has 0 aromatic carbocycles. The van der Waals surface area contributed by atoms with Crippen molar-refractivity contribution in [2.75, 3.05) is 6.54 Å². The lowest BCUT2D eigenvalue weighted by atomic mass is 10.0. The quantitative estimate of drug-likeness (QED) is 0.820. The second kappa shape index (κ2) is 5.91. The van der Waals surface area contributed by atoms with E-state index in [4.69, 9.17) is 9.84 Å². The Labute approximate surface area is 124 Å². The number of carbonyl (C=O) groups excluding carboxylic acids is 2. The molecule has 2 N–H and O–H groups in total. The van der Waals surface area contributed by atoms with Gasteiger partial charge in [0.15, 0.2) is 0 Å². The van der Waals surface area contributed by atoms with Crippen LogP contribution in [0.2, 0.25) is 0 Å². The zero-order valence-corrected chi connectivity index (χ0v) is 13.2. The Balaban J connectivity index is 2.75. The van der Waals surface area contributed by atoms with E-state index in [-0.39, 0.29) is 0 Å². The zero-order chi connectivity index (χ0) is 16.4. The molecule has 1 saturated heterocycles. The van der Waals surface area contributed by atoms with Gasteiger partial charge in [0.25, 0.3) is 0 Å². The minimum Gasteiger partial charge on any atom is -0.480 e. The first-order valence-electron chi connectivity index (χ1n) is 6.99. The summed E-state index contributed by atoms with van der Waals surface area (Å²) in [5, 5.41) is 11.5. The van der Waals surface area contributed by atoms with Gasteiger partial charge in [-0.3, -0.25) is 9.69 Å². The molecule has 0 spiro atoms. The molecule has 120 valence electrons. The molecule has 2 amide bonds. The predicted molar refractivity (Wildman–Crippen MR) is 75.8 cm³/mol. The van der Waals surface area contributed by atoms with E-state index in [0.717, 1.165) is 0 Å². The highest BCUT2D eigenvalue weighted by molar-refractivity contribution is 5.91. The SMILES string of the molecule is CC(C)(C)OC(=O)N1CCC[C@H]1C(=O)NC(C)(C)C(=O)O. The van der Waals surface area contributed by atoms with E-state index in [9.17, 15) is 14.4 Å². The molecule has 7 nitrogen and oxygen atoms in total. The molecule has 1 rings (SSSR count). The summed E-state index contributed by atoms with van der Waals surface area (Å²) in [6.07, 6.45) is 0.638. The first kappa shape index (κ1) is 17.3. The average molecular weight is 300 g/mol. The van der Waals surface area contributed by atoms with Crippen molar-refractivity contribution < 1.29 is 24.2 Å². The molecule has 1 heterocycles. The highest BCUT2D eigenvalue weighted by Crippen LogP contribution is 2.21. The maximum Gasteiger partial charge on any atom is 0.410 e. The van der Waals surface area contributed by atoms with Crippen LogP contribution >= 0.6 is 0 Å². The van der Waals surface area contributed by atoms with Gasteiger partial charge in [-0.25, -0.2) is 9.59 Å². The molecule has 0 unspecified atom stereocenters. The Hall–Kier alpha value is -1.79. The number of aliphatic carboxylic acids is 1. The van der Waals surface area contributed by atoms with Crippen LogP contribution < -0.4 is 5.32 Å². The summed E-state index contributed by atoms with van der Waals surface area (Å²) < 4.78 is 5.27. The third-order valence-electron chi connectivity index (χ3n) is 3.15. The van der Waals surface area contributed by atoms with Gasteiger partial charge >= 0.3 is 12.1 Å². The van der Waals surface area contributed by atoms with Crippen LogP contribution in [0.15, 0.2) is 0 Å². The van der Waals surface area contributed by atoms with Gasteiger partial charge in [-0.05, 0) is 47.5 Å². The van der Waals surface area contributed by atoms with E-state index in [0.29, 0.717) is 19.4 Å². The third-order valence-corrected chi connectivity index (χ3v) is 3.15. The number of carboxylic acid groups (broad SMARTS) is 1. The van der Waals surface area contributed by atoms with Crippen molar-refractivity contribution >= 4 is 18.0 Å². The summed E-state index contributed by atoms with van der Waals surface area (Å²) >= 11 is 0. The summed E-state index contributed by atoms with van der Waals surface area (Å²) in [5.41, 5.74) is -2.01. The van der Waals surface area contributed by atoms with Crippen LogP contribution in [0.4, 0.5) is 4.79 Å². The monoisotopic (exact) mass is 300 g/mol. The number of nitrogens with zero attached hydrogens (tertiary/aromatic N) is 1. The van der Waals surface area contributed by atoms with E-state index in [1.165, 1.54) is 18.7 Å². The van der Waals surface area contributed by atoms with Gasteiger partial charge in [0, 0.05) is 6.54 Å². The van der Waals surface area contributed by atoms with Crippen LogP contribution in [0.3, 0.4) is 0 Å². The van der Waals surface area contributed by atoms with Crippen LogP contribution in [0.5, 0.6) is 0 Å². The molecule has 7 heteroatoms.